The lowest BCUT2D eigenvalue weighted by Crippen LogP contribution is -2.10. The Morgan fingerprint density at radius 3 is 2.37 bits per heavy atom. The van der Waals surface area contributed by atoms with Crippen molar-refractivity contribution in [1.29, 1.82) is 0 Å². The molecule has 7 nitrogen and oxygen atoms in total. The minimum Gasteiger partial charge on any atom is -0.488 e. The maximum absolute atomic E-state index is 12.8. The molecule has 0 saturated heterocycles. The number of thiazole rings is 1. The van der Waals surface area contributed by atoms with Crippen molar-refractivity contribution in [2.45, 2.75) is 33.2 Å². The predicted octanol–water partition coefficient (Wildman–Crippen LogP) is 5.76. The van der Waals surface area contributed by atoms with Crippen LogP contribution in [0, 0.1) is 13.8 Å². The first-order chi connectivity index (χ1) is 16.5. The van der Waals surface area contributed by atoms with Crippen molar-refractivity contribution in [2.24, 2.45) is 0 Å². The number of carbonyl (C=O) groups is 2. The zero-order valence-corrected chi connectivity index (χ0v) is 19.3. The summed E-state index contributed by atoms with van der Waals surface area (Å²) in [4.78, 5) is 28.2. The molecule has 0 atom stereocenters. The highest BCUT2D eigenvalue weighted by atomic mass is 32.1. The maximum Gasteiger partial charge on any atom is 0.416 e. The summed E-state index contributed by atoms with van der Waals surface area (Å²) in [6.07, 6.45) is -4.41. The highest BCUT2D eigenvalue weighted by Gasteiger charge is 2.30. The molecule has 2 N–H and O–H groups in total. The van der Waals surface area contributed by atoms with E-state index in [0.717, 1.165) is 17.0 Å². The highest BCUT2D eigenvalue weighted by Crippen LogP contribution is 2.34. The smallest absolute Gasteiger partial charge is 0.416 e. The Labute approximate surface area is 201 Å². The molecule has 0 fully saturated rings. The topological polar surface area (TPSA) is 102 Å². The minimum absolute atomic E-state index is 0.00487. The van der Waals surface area contributed by atoms with E-state index in [1.807, 2.05) is 0 Å². The molecule has 0 bridgehead atoms. The van der Waals surface area contributed by atoms with E-state index < -0.39 is 23.7 Å². The van der Waals surface area contributed by atoms with Gasteiger partial charge in [-0.25, -0.2) is 9.78 Å². The number of carboxylic acid groups (broad SMARTS) is 2. The number of carboxylic acids is 2. The number of fused-ring (bicyclic) bond motifs is 1. The van der Waals surface area contributed by atoms with Crippen LogP contribution in [0.15, 0.2) is 42.5 Å². The molecule has 0 amide bonds. The normalized spacial score (nSPS) is 11.7. The number of hydrogen-bond acceptors (Lipinski definition) is 5. The van der Waals surface area contributed by atoms with Gasteiger partial charge in [0.2, 0.25) is 0 Å². The van der Waals surface area contributed by atoms with Crippen LogP contribution in [-0.2, 0) is 24.1 Å². The number of aromatic carboxylic acids is 1. The Hall–Kier alpha value is -3.86. The summed E-state index contributed by atoms with van der Waals surface area (Å²) in [7, 11) is 0. The molecule has 0 aliphatic rings. The largest absolute Gasteiger partial charge is 0.488 e. The number of ether oxygens (including phenoxy) is 1. The third-order valence-corrected chi connectivity index (χ3v) is 6.70. The van der Waals surface area contributed by atoms with Crippen LogP contribution in [-0.4, -0.2) is 31.7 Å². The summed E-state index contributed by atoms with van der Waals surface area (Å²) in [6, 6.07) is 9.55. The van der Waals surface area contributed by atoms with Crippen molar-refractivity contribution in [1.82, 2.24) is 9.55 Å². The summed E-state index contributed by atoms with van der Waals surface area (Å²) in [5.41, 5.74) is 1.28. The van der Waals surface area contributed by atoms with Gasteiger partial charge < -0.3 is 19.5 Å². The predicted molar refractivity (Wildman–Crippen MR) is 123 cm³/mol. The zero-order valence-electron chi connectivity index (χ0n) is 18.5. The van der Waals surface area contributed by atoms with Crippen LogP contribution in [0.3, 0.4) is 0 Å². The van der Waals surface area contributed by atoms with E-state index in [0.29, 0.717) is 38.6 Å². The SMILES string of the molecule is Cc1nc(-c2ccc(C(F)(F)F)cc2)sc1COc1ccc2c(c1)c(C(=O)O)c(C)n2CC(=O)O. The second kappa shape index (κ2) is 9.06. The fourth-order valence-corrected chi connectivity index (χ4v) is 4.78. The summed E-state index contributed by atoms with van der Waals surface area (Å²) in [5.74, 6) is -1.88. The minimum atomic E-state index is -4.41. The van der Waals surface area contributed by atoms with Gasteiger partial charge >= 0.3 is 18.1 Å². The molecular weight excluding hydrogens is 485 g/mol. The van der Waals surface area contributed by atoms with E-state index >= 15 is 0 Å². The van der Waals surface area contributed by atoms with Gasteiger partial charge in [-0.15, -0.1) is 11.3 Å². The molecule has 0 aliphatic heterocycles. The highest BCUT2D eigenvalue weighted by molar-refractivity contribution is 7.15. The van der Waals surface area contributed by atoms with Crippen molar-refractivity contribution in [3.8, 4) is 16.3 Å². The summed E-state index contributed by atoms with van der Waals surface area (Å²) in [5, 5.41) is 19.7. The lowest BCUT2D eigenvalue weighted by Gasteiger charge is -2.07. The molecule has 11 heteroatoms. The van der Waals surface area contributed by atoms with E-state index in [1.54, 1.807) is 32.0 Å². The average Bonchev–Trinajstić information content (AvgIpc) is 3.28. The van der Waals surface area contributed by atoms with Crippen LogP contribution in [0.25, 0.3) is 21.5 Å². The second-order valence-electron chi connectivity index (χ2n) is 7.82. The Kier molecular flexibility index (Phi) is 6.28. The standard InChI is InChI=1S/C24H19F3N2O5S/c1-12-19(35-22(28-12)14-3-5-15(6-4-14)24(25,26)27)11-34-16-7-8-18-17(9-16)21(23(32)33)13(2)29(18)10-20(30)31/h3-9H,10-11H2,1-2H3,(H,30,31)(H,32,33). The molecule has 0 spiro atoms. The number of rotatable bonds is 7. The number of aryl methyl sites for hydroxylation is 1. The number of benzene rings is 2. The first kappa shape index (κ1) is 24.3. The fourth-order valence-electron chi connectivity index (χ4n) is 3.80. The van der Waals surface area contributed by atoms with Gasteiger partial charge in [0.15, 0.2) is 0 Å². The molecule has 0 saturated carbocycles. The van der Waals surface area contributed by atoms with Gasteiger partial charge in [0.1, 0.15) is 23.9 Å². The monoisotopic (exact) mass is 504 g/mol. The van der Waals surface area contributed by atoms with Gasteiger partial charge in [0.25, 0.3) is 0 Å². The molecule has 0 aliphatic carbocycles. The Balaban J connectivity index is 1.58. The van der Waals surface area contributed by atoms with E-state index in [4.69, 9.17) is 4.74 Å². The number of hydrogen-bond donors (Lipinski definition) is 2. The van der Waals surface area contributed by atoms with Gasteiger partial charge in [0.05, 0.1) is 21.7 Å². The molecule has 4 aromatic rings. The third kappa shape index (κ3) is 4.85. The first-order valence-corrected chi connectivity index (χ1v) is 11.1. The van der Waals surface area contributed by atoms with E-state index in [9.17, 15) is 33.0 Å². The number of aromatic nitrogens is 2. The van der Waals surface area contributed by atoms with Gasteiger partial charge in [-0.2, -0.15) is 13.2 Å². The van der Waals surface area contributed by atoms with Crippen LogP contribution in [0.1, 0.15) is 32.2 Å². The van der Waals surface area contributed by atoms with E-state index in [-0.39, 0.29) is 18.7 Å². The number of nitrogens with zero attached hydrogens (tertiary/aromatic N) is 2. The third-order valence-electron chi connectivity index (χ3n) is 5.52. The molecule has 2 aromatic carbocycles. The quantitative estimate of drug-likeness (QED) is 0.332. The summed E-state index contributed by atoms with van der Waals surface area (Å²) in [6.45, 7) is 3.07. The molecule has 35 heavy (non-hydrogen) atoms. The van der Waals surface area contributed by atoms with Gasteiger partial charge in [0, 0.05) is 22.2 Å². The lowest BCUT2D eigenvalue weighted by atomic mass is 10.1. The van der Waals surface area contributed by atoms with Crippen LogP contribution in [0.5, 0.6) is 5.75 Å². The molecule has 0 unspecified atom stereocenters. The zero-order chi connectivity index (χ0) is 25.5. The summed E-state index contributed by atoms with van der Waals surface area (Å²) < 4.78 is 45.7. The van der Waals surface area contributed by atoms with Crippen LogP contribution in [0.4, 0.5) is 13.2 Å². The van der Waals surface area contributed by atoms with Crippen LogP contribution in [0.2, 0.25) is 0 Å². The molecular formula is C24H19F3N2O5S. The number of alkyl halides is 3. The number of aliphatic carboxylic acids is 1. The Morgan fingerprint density at radius 2 is 1.77 bits per heavy atom. The average molecular weight is 504 g/mol. The van der Waals surface area contributed by atoms with E-state index in [1.165, 1.54) is 28.0 Å². The van der Waals surface area contributed by atoms with Crippen LogP contribution < -0.4 is 4.74 Å². The second-order valence-corrected chi connectivity index (χ2v) is 8.90. The van der Waals surface area contributed by atoms with Gasteiger partial charge in [-0.1, -0.05) is 12.1 Å². The van der Waals surface area contributed by atoms with Gasteiger partial charge in [-0.05, 0) is 44.2 Å². The van der Waals surface area contributed by atoms with Crippen molar-refractivity contribution >= 4 is 34.2 Å². The molecule has 2 aromatic heterocycles. The molecule has 2 heterocycles. The van der Waals surface area contributed by atoms with Crippen molar-refractivity contribution in [3.63, 3.8) is 0 Å². The van der Waals surface area contributed by atoms with Gasteiger partial charge in [-0.3, -0.25) is 4.79 Å². The lowest BCUT2D eigenvalue weighted by molar-refractivity contribution is -0.138. The van der Waals surface area contributed by atoms with Crippen LogP contribution >= 0.6 is 11.3 Å². The van der Waals surface area contributed by atoms with E-state index in [2.05, 4.69) is 4.98 Å². The molecule has 0 radical (unpaired) electrons. The molecule has 182 valence electrons. The van der Waals surface area contributed by atoms with Crippen molar-refractivity contribution in [2.75, 3.05) is 0 Å². The van der Waals surface area contributed by atoms with Crippen molar-refractivity contribution in [3.05, 3.63) is 69.9 Å². The van der Waals surface area contributed by atoms with Crippen molar-refractivity contribution < 1.29 is 37.7 Å². The number of halogens is 3. The Morgan fingerprint density at radius 1 is 1.09 bits per heavy atom. The fraction of sp³-hybridized carbons (Fsp3) is 0.208. The summed E-state index contributed by atoms with van der Waals surface area (Å²) >= 11 is 1.29. The first-order valence-electron chi connectivity index (χ1n) is 10.3. The molecule has 4 rings (SSSR count). The Bertz CT molecular complexity index is 1440. The maximum atomic E-state index is 12.8.